The largest absolute Gasteiger partial charge is 0.497 e. The lowest BCUT2D eigenvalue weighted by atomic mass is 9.91. The monoisotopic (exact) mass is 285 g/mol. The van der Waals surface area contributed by atoms with E-state index in [1.807, 2.05) is 30.1 Å². The van der Waals surface area contributed by atoms with E-state index in [-0.39, 0.29) is 0 Å². The average molecular weight is 285 g/mol. The fraction of sp³-hybridized carbons (Fsp3) is 0.471. The van der Waals surface area contributed by atoms with Crippen molar-refractivity contribution in [2.24, 2.45) is 13.0 Å². The molecule has 2 aromatic rings. The Labute approximate surface area is 126 Å². The van der Waals surface area contributed by atoms with Crippen LogP contribution in [0.4, 0.5) is 0 Å². The number of methoxy groups -OCH3 is 1. The Morgan fingerprint density at radius 2 is 2.14 bits per heavy atom. The van der Waals surface area contributed by atoms with Gasteiger partial charge in [0.1, 0.15) is 5.75 Å². The maximum atomic E-state index is 5.34. The molecule has 1 saturated heterocycles. The second-order valence-corrected chi connectivity index (χ2v) is 5.76. The van der Waals surface area contributed by atoms with E-state index in [2.05, 4.69) is 22.5 Å². The first-order valence-corrected chi connectivity index (χ1v) is 7.64. The van der Waals surface area contributed by atoms with E-state index in [0.717, 1.165) is 31.2 Å². The van der Waals surface area contributed by atoms with E-state index in [0.29, 0.717) is 0 Å². The van der Waals surface area contributed by atoms with Crippen molar-refractivity contribution < 1.29 is 4.74 Å². The van der Waals surface area contributed by atoms with Crippen LogP contribution < -0.4 is 10.1 Å². The van der Waals surface area contributed by atoms with Crippen LogP contribution in [0.2, 0.25) is 0 Å². The van der Waals surface area contributed by atoms with Gasteiger partial charge in [0.25, 0.3) is 0 Å². The van der Waals surface area contributed by atoms with Gasteiger partial charge >= 0.3 is 0 Å². The number of benzene rings is 1. The van der Waals surface area contributed by atoms with Crippen LogP contribution in [-0.2, 0) is 13.5 Å². The van der Waals surface area contributed by atoms with Crippen molar-refractivity contribution in [3.63, 3.8) is 0 Å². The average Bonchev–Trinajstić information content (AvgIpc) is 2.89. The SMILES string of the molecule is COc1cccc(-c2cnn(C)c2CC2CCNCC2)c1. The normalized spacial score (nSPS) is 16.1. The molecular formula is C17H23N3O. The van der Waals surface area contributed by atoms with Crippen LogP contribution in [0, 0.1) is 5.92 Å². The zero-order valence-corrected chi connectivity index (χ0v) is 12.8. The molecule has 1 fully saturated rings. The third kappa shape index (κ3) is 3.10. The second kappa shape index (κ2) is 6.31. The molecule has 0 unspecified atom stereocenters. The van der Waals surface area contributed by atoms with Gasteiger partial charge in [-0.2, -0.15) is 5.10 Å². The summed E-state index contributed by atoms with van der Waals surface area (Å²) in [5, 5.41) is 7.91. The van der Waals surface area contributed by atoms with Crippen LogP contribution in [0.25, 0.3) is 11.1 Å². The molecule has 1 aromatic carbocycles. The standard InChI is InChI=1S/C17H23N3O/c1-20-17(10-13-6-8-18-9-7-13)16(12-19-20)14-4-3-5-15(11-14)21-2/h3-5,11-13,18H,6-10H2,1-2H3. The van der Waals surface area contributed by atoms with Gasteiger partial charge in [0.2, 0.25) is 0 Å². The van der Waals surface area contributed by atoms with E-state index in [9.17, 15) is 0 Å². The number of piperidine rings is 1. The van der Waals surface area contributed by atoms with Gasteiger partial charge in [-0.1, -0.05) is 12.1 Å². The van der Waals surface area contributed by atoms with Crippen LogP contribution in [-0.4, -0.2) is 30.0 Å². The fourth-order valence-electron chi connectivity index (χ4n) is 3.10. The molecule has 0 aliphatic carbocycles. The number of hydrogen-bond donors (Lipinski definition) is 1. The van der Waals surface area contributed by atoms with Crippen molar-refractivity contribution in [2.75, 3.05) is 20.2 Å². The molecule has 0 bridgehead atoms. The van der Waals surface area contributed by atoms with Gasteiger partial charge in [-0.25, -0.2) is 0 Å². The third-order valence-corrected chi connectivity index (χ3v) is 4.38. The summed E-state index contributed by atoms with van der Waals surface area (Å²) in [7, 11) is 3.75. The van der Waals surface area contributed by atoms with Gasteiger partial charge in [0.05, 0.1) is 13.3 Å². The van der Waals surface area contributed by atoms with Gasteiger partial charge in [-0.3, -0.25) is 4.68 Å². The quantitative estimate of drug-likeness (QED) is 0.938. The molecule has 1 aliphatic rings. The number of nitrogens with zero attached hydrogens (tertiary/aromatic N) is 2. The highest BCUT2D eigenvalue weighted by molar-refractivity contribution is 5.67. The molecule has 1 aromatic heterocycles. The molecule has 0 radical (unpaired) electrons. The minimum absolute atomic E-state index is 0.756. The lowest BCUT2D eigenvalue weighted by molar-refractivity contribution is 0.366. The van der Waals surface area contributed by atoms with E-state index < -0.39 is 0 Å². The Kier molecular flexibility index (Phi) is 4.25. The summed E-state index contributed by atoms with van der Waals surface area (Å²) in [6.45, 7) is 2.27. The first-order valence-electron chi connectivity index (χ1n) is 7.64. The Morgan fingerprint density at radius 3 is 2.90 bits per heavy atom. The molecule has 1 aliphatic heterocycles. The summed E-state index contributed by atoms with van der Waals surface area (Å²) >= 11 is 0. The van der Waals surface area contributed by atoms with E-state index >= 15 is 0 Å². The number of ether oxygens (including phenoxy) is 1. The highest BCUT2D eigenvalue weighted by atomic mass is 16.5. The summed E-state index contributed by atoms with van der Waals surface area (Å²) < 4.78 is 7.36. The Balaban J connectivity index is 1.88. The third-order valence-electron chi connectivity index (χ3n) is 4.38. The van der Waals surface area contributed by atoms with Crippen molar-refractivity contribution in [1.82, 2.24) is 15.1 Å². The molecule has 1 N–H and O–H groups in total. The number of nitrogens with one attached hydrogen (secondary N) is 1. The number of hydrogen-bond acceptors (Lipinski definition) is 3. The first-order chi connectivity index (χ1) is 10.3. The minimum atomic E-state index is 0.756. The Morgan fingerprint density at radius 1 is 1.33 bits per heavy atom. The highest BCUT2D eigenvalue weighted by Crippen LogP contribution is 2.29. The van der Waals surface area contributed by atoms with Gasteiger partial charge in [0.15, 0.2) is 0 Å². The molecule has 3 rings (SSSR count). The molecule has 112 valence electrons. The van der Waals surface area contributed by atoms with Crippen LogP contribution in [0.3, 0.4) is 0 Å². The predicted molar refractivity (Wildman–Crippen MR) is 84.5 cm³/mol. The van der Waals surface area contributed by atoms with Crippen LogP contribution in [0.5, 0.6) is 5.75 Å². The lowest BCUT2D eigenvalue weighted by Gasteiger charge is -2.23. The van der Waals surface area contributed by atoms with Gasteiger partial charge in [-0.15, -0.1) is 0 Å². The van der Waals surface area contributed by atoms with Crippen LogP contribution in [0.1, 0.15) is 18.5 Å². The molecule has 21 heavy (non-hydrogen) atoms. The first kappa shape index (κ1) is 14.1. The molecule has 0 saturated carbocycles. The zero-order chi connectivity index (χ0) is 14.7. The van der Waals surface area contributed by atoms with Crippen molar-refractivity contribution in [1.29, 1.82) is 0 Å². The smallest absolute Gasteiger partial charge is 0.119 e. The van der Waals surface area contributed by atoms with Crippen molar-refractivity contribution in [2.45, 2.75) is 19.3 Å². The van der Waals surface area contributed by atoms with Crippen molar-refractivity contribution in [3.8, 4) is 16.9 Å². The summed E-state index contributed by atoms with van der Waals surface area (Å²) in [4.78, 5) is 0. The second-order valence-electron chi connectivity index (χ2n) is 5.76. The number of aryl methyl sites for hydroxylation is 1. The van der Waals surface area contributed by atoms with E-state index in [1.165, 1.54) is 29.7 Å². The summed E-state index contributed by atoms with van der Waals surface area (Å²) in [6, 6.07) is 8.23. The van der Waals surface area contributed by atoms with Crippen LogP contribution in [0.15, 0.2) is 30.5 Å². The topological polar surface area (TPSA) is 39.1 Å². The maximum Gasteiger partial charge on any atom is 0.119 e. The van der Waals surface area contributed by atoms with Crippen LogP contribution >= 0.6 is 0 Å². The molecule has 4 heteroatoms. The molecule has 4 nitrogen and oxygen atoms in total. The number of rotatable bonds is 4. The van der Waals surface area contributed by atoms with Crippen molar-refractivity contribution in [3.05, 3.63) is 36.2 Å². The van der Waals surface area contributed by atoms with Gasteiger partial charge in [0, 0.05) is 18.3 Å². The molecule has 0 atom stereocenters. The highest BCUT2D eigenvalue weighted by Gasteiger charge is 2.18. The molecular weight excluding hydrogens is 262 g/mol. The summed E-state index contributed by atoms with van der Waals surface area (Å²) in [5.41, 5.74) is 3.75. The molecule has 0 spiro atoms. The van der Waals surface area contributed by atoms with E-state index in [1.54, 1.807) is 7.11 Å². The molecule has 2 heterocycles. The Hall–Kier alpha value is -1.81. The fourth-order valence-corrected chi connectivity index (χ4v) is 3.10. The lowest BCUT2D eigenvalue weighted by Crippen LogP contribution is -2.29. The molecule has 0 amide bonds. The van der Waals surface area contributed by atoms with Gasteiger partial charge < -0.3 is 10.1 Å². The maximum absolute atomic E-state index is 5.34. The van der Waals surface area contributed by atoms with Gasteiger partial charge in [-0.05, 0) is 56.0 Å². The van der Waals surface area contributed by atoms with Crippen molar-refractivity contribution >= 4 is 0 Å². The number of aromatic nitrogens is 2. The summed E-state index contributed by atoms with van der Waals surface area (Å²) in [6.07, 6.45) is 5.58. The predicted octanol–water partition coefficient (Wildman–Crippen LogP) is 2.64. The zero-order valence-electron chi connectivity index (χ0n) is 12.8. The minimum Gasteiger partial charge on any atom is -0.497 e. The van der Waals surface area contributed by atoms with E-state index in [4.69, 9.17) is 4.74 Å². The summed E-state index contributed by atoms with van der Waals surface area (Å²) in [5.74, 6) is 1.65. The Bertz CT molecular complexity index is 600.